The molecule has 0 unspecified atom stereocenters. The summed E-state index contributed by atoms with van der Waals surface area (Å²) in [5.41, 5.74) is 10.4. The smallest absolute Gasteiger partial charge is 0.258 e. The van der Waals surface area contributed by atoms with E-state index in [4.69, 9.17) is 5.73 Å². The van der Waals surface area contributed by atoms with E-state index in [9.17, 15) is 4.79 Å². The second-order valence-electron chi connectivity index (χ2n) is 5.81. The van der Waals surface area contributed by atoms with E-state index in [-0.39, 0.29) is 5.91 Å². The van der Waals surface area contributed by atoms with Gasteiger partial charge in [-0.05, 0) is 67.1 Å². The van der Waals surface area contributed by atoms with Crippen LogP contribution in [-0.4, -0.2) is 13.0 Å². The van der Waals surface area contributed by atoms with Gasteiger partial charge < -0.3 is 10.6 Å². The summed E-state index contributed by atoms with van der Waals surface area (Å²) < 4.78 is 0. The van der Waals surface area contributed by atoms with E-state index in [2.05, 4.69) is 18.2 Å². The van der Waals surface area contributed by atoms with Crippen molar-refractivity contribution in [3.05, 3.63) is 59.2 Å². The van der Waals surface area contributed by atoms with E-state index in [1.54, 1.807) is 29.2 Å². The summed E-state index contributed by atoms with van der Waals surface area (Å²) in [5, 5.41) is 0. The van der Waals surface area contributed by atoms with Crippen LogP contribution >= 0.6 is 0 Å². The summed E-state index contributed by atoms with van der Waals surface area (Å²) in [6.07, 6.45) is 2.52. The predicted octanol–water partition coefficient (Wildman–Crippen LogP) is 3.73. The number of carbonyl (C=O) groups excluding carboxylic acids is 1. The third kappa shape index (κ3) is 2.77. The Balaban J connectivity index is 1.90. The maximum atomic E-state index is 12.6. The summed E-state index contributed by atoms with van der Waals surface area (Å²) >= 11 is 0. The molecule has 3 heteroatoms. The van der Waals surface area contributed by atoms with Gasteiger partial charge in [-0.15, -0.1) is 0 Å². The van der Waals surface area contributed by atoms with E-state index in [0.717, 1.165) is 11.3 Å². The molecule has 0 bridgehead atoms. The van der Waals surface area contributed by atoms with Crippen molar-refractivity contribution in [2.45, 2.75) is 25.7 Å². The zero-order valence-electron chi connectivity index (χ0n) is 12.5. The van der Waals surface area contributed by atoms with Gasteiger partial charge in [0.25, 0.3) is 5.91 Å². The molecule has 1 saturated carbocycles. The average Bonchev–Trinajstić information content (AvgIpc) is 3.32. The number of nitrogens with two attached hydrogens (primary N) is 1. The predicted molar refractivity (Wildman–Crippen MR) is 86.7 cm³/mol. The molecule has 0 radical (unpaired) electrons. The summed E-state index contributed by atoms with van der Waals surface area (Å²) in [6.45, 7) is 2.04. The minimum absolute atomic E-state index is 0.00829. The van der Waals surface area contributed by atoms with Crippen molar-refractivity contribution in [2.24, 2.45) is 0 Å². The monoisotopic (exact) mass is 280 g/mol. The van der Waals surface area contributed by atoms with Crippen molar-refractivity contribution in [2.75, 3.05) is 17.7 Å². The van der Waals surface area contributed by atoms with Crippen LogP contribution in [0, 0.1) is 6.92 Å². The first-order chi connectivity index (χ1) is 10.1. The van der Waals surface area contributed by atoms with Gasteiger partial charge in [-0.25, -0.2) is 0 Å². The van der Waals surface area contributed by atoms with Crippen LogP contribution in [0.4, 0.5) is 11.4 Å². The lowest BCUT2D eigenvalue weighted by Crippen LogP contribution is -2.27. The molecule has 2 N–H and O–H groups in total. The molecule has 2 aromatic rings. The molecule has 3 nitrogen and oxygen atoms in total. The number of benzene rings is 2. The highest BCUT2D eigenvalue weighted by Gasteiger charge is 2.25. The van der Waals surface area contributed by atoms with Crippen LogP contribution in [0.25, 0.3) is 0 Å². The zero-order valence-corrected chi connectivity index (χ0v) is 12.5. The lowest BCUT2D eigenvalue weighted by Gasteiger charge is -2.21. The fraction of sp³-hybridized carbons (Fsp3) is 0.278. The van der Waals surface area contributed by atoms with Gasteiger partial charge in [-0.1, -0.05) is 12.1 Å². The Morgan fingerprint density at radius 2 is 1.81 bits per heavy atom. The average molecular weight is 280 g/mol. The lowest BCUT2D eigenvalue weighted by atomic mass is 10.1. The minimum Gasteiger partial charge on any atom is -0.399 e. The largest absolute Gasteiger partial charge is 0.399 e. The third-order valence-corrected chi connectivity index (χ3v) is 4.11. The first kappa shape index (κ1) is 13.7. The number of carbonyl (C=O) groups is 1. The molecule has 21 heavy (non-hydrogen) atoms. The number of hydrogen-bond acceptors (Lipinski definition) is 2. The van der Waals surface area contributed by atoms with E-state index < -0.39 is 0 Å². The first-order valence-corrected chi connectivity index (χ1v) is 7.30. The van der Waals surface area contributed by atoms with Crippen molar-refractivity contribution in [3.63, 3.8) is 0 Å². The van der Waals surface area contributed by atoms with E-state index >= 15 is 0 Å². The quantitative estimate of drug-likeness (QED) is 0.871. The number of anilines is 2. The molecule has 1 aliphatic rings. The Kier molecular flexibility index (Phi) is 3.42. The Hall–Kier alpha value is -2.29. The van der Waals surface area contributed by atoms with Crippen molar-refractivity contribution in [3.8, 4) is 0 Å². The van der Waals surface area contributed by atoms with Crippen molar-refractivity contribution in [1.82, 2.24) is 0 Å². The van der Waals surface area contributed by atoms with Gasteiger partial charge in [0.15, 0.2) is 0 Å². The summed E-state index contributed by atoms with van der Waals surface area (Å²) in [6, 6.07) is 13.5. The number of nitrogen functional groups attached to an aromatic ring is 1. The molecule has 0 aromatic heterocycles. The number of aryl methyl sites for hydroxylation is 1. The maximum Gasteiger partial charge on any atom is 0.258 e. The second kappa shape index (κ2) is 5.24. The molecule has 1 amide bonds. The van der Waals surface area contributed by atoms with E-state index in [1.807, 2.05) is 14.0 Å². The number of hydrogen-bond donors (Lipinski definition) is 1. The third-order valence-electron chi connectivity index (χ3n) is 4.11. The van der Waals surface area contributed by atoms with Gasteiger partial charge in [-0.2, -0.15) is 0 Å². The first-order valence-electron chi connectivity index (χ1n) is 7.30. The van der Waals surface area contributed by atoms with Gasteiger partial charge in [0.05, 0.1) is 0 Å². The molecule has 0 atom stereocenters. The highest BCUT2D eigenvalue weighted by Crippen LogP contribution is 2.41. The SMILES string of the molecule is Cc1ccc(C2CC2)cc1N(C)C(=O)c1ccc(N)cc1. The Labute approximate surface area is 125 Å². The summed E-state index contributed by atoms with van der Waals surface area (Å²) in [7, 11) is 1.83. The number of nitrogens with zero attached hydrogens (tertiary/aromatic N) is 1. The van der Waals surface area contributed by atoms with Gasteiger partial charge in [-0.3, -0.25) is 4.79 Å². The van der Waals surface area contributed by atoms with Crippen LogP contribution in [0.2, 0.25) is 0 Å². The van der Waals surface area contributed by atoms with Gasteiger partial charge in [0.1, 0.15) is 0 Å². The molecule has 0 heterocycles. The van der Waals surface area contributed by atoms with E-state index in [0.29, 0.717) is 17.2 Å². The van der Waals surface area contributed by atoms with Gasteiger partial charge in [0, 0.05) is 24.0 Å². The molecule has 0 saturated heterocycles. The number of amides is 1. The van der Waals surface area contributed by atoms with Crippen molar-refractivity contribution < 1.29 is 4.79 Å². The van der Waals surface area contributed by atoms with Crippen LogP contribution in [0.3, 0.4) is 0 Å². The summed E-state index contributed by atoms with van der Waals surface area (Å²) in [4.78, 5) is 14.3. The van der Waals surface area contributed by atoms with Crippen LogP contribution in [0.15, 0.2) is 42.5 Å². The topological polar surface area (TPSA) is 46.3 Å². The Morgan fingerprint density at radius 1 is 1.14 bits per heavy atom. The second-order valence-corrected chi connectivity index (χ2v) is 5.81. The molecular formula is C18H20N2O. The number of rotatable bonds is 3. The highest BCUT2D eigenvalue weighted by molar-refractivity contribution is 6.06. The standard InChI is InChI=1S/C18H20N2O/c1-12-3-4-15(13-5-6-13)11-17(12)20(2)18(21)14-7-9-16(19)10-8-14/h3-4,7-11,13H,5-6,19H2,1-2H3. The molecule has 0 aliphatic heterocycles. The molecule has 2 aromatic carbocycles. The molecule has 1 fully saturated rings. The van der Waals surface area contributed by atoms with Gasteiger partial charge in [0.2, 0.25) is 0 Å². The molecule has 3 rings (SSSR count). The fourth-order valence-corrected chi connectivity index (χ4v) is 2.59. The van der Waals surface area contributed by atoms with Crippen LogP contribution in [0.5, 0.6) is 0 Å². The zero-order chi connectivity index (χ0) is 15.0. The van der Waals surface area contributed by atoms with Crippen molar-refractivity contribution in [1.29, 1.82) is 0 Å². The van der Waals surface area contributed by atoms with E-state index in [1.165, 1.54) is 18.4 Å². The van der Waals surface area contributed by atoms with Gasteiger partial charge >= 0.3 is 0 Å². The summed E-state index contributed by atoms with van der Waals surface area (Å²) in [5.74, 6) is 0.676. The molecule has 1 aliphatic carbocycles. The minimum atomic E-state index is -0.00829. The Morgan fingerprint density at radius 3 is 2.43 bits per heavy atom. The van der Waals surface area contributed by atoms with Crippen molar-refractivity contribution >= 4 is 17.3 Å². The molecular weight excluding hydrogens is 260 g/mol. The highest BCUT2D eigenvalue weighted by atomic mass is 16.2. The molecule has 108 valence electrons. The maximum absolute atomic E-state index is 12.6. The van der Waals surface area contributed by atoms with Crippen LogP contribution in [0.1, 0.15) is 40.2 Å². The Bertz CT molecular complexity index is 672. The van der Waals surface area contributed by atoms with Crippen LogP contribution in [-0.2, 0) is 0 Å². The molecule has 0 spiro atoms. The van der Waals surface area contributed by atoms with Crippen LogP contribution < -0.4 is 10.6 Å². The fourth-order valence-electron chi connectivity index (χ4n) is 2.59. The normalized spacial score (nSPS) is 14.0. The lowest BCUT2D eigenvalue weighted by molar-refractivity contribution is 0.0993.